The van der Waals surface area contributed by atoms with E-state index in [4.69, 9.17) is 13.9 Å². The molecule has 0 radical (unpaired) electrons. The van der Waals surface area contributed by atoms with Crippen molar-refractivity contribution >= 4 is 11.0 Å². The maximum atomic E-state index is 5.72. The molecule has 3 nitrogen and oxygen atoms in total. The van der Waals surface area contributed by atoms with Gasteiger partial charge >= 0.3 is 0 Å². The molecule has 96 valence electrons. The van der Waals surface area contributed by atoms with E-state index in [2.05, 4.69) is 0 Å². The van der Waals surface area contributed by atoms with Gasteiger partial charge in [0.1, 0.15) is 18.0 Å². The normalized spacial score (nSPS) is 10.6. The van der Waals surface area contributed by atoms with Crippen LogP contribution in [0.15, 0.2) is 59.0 Å². The third-order valence-electron chi connectivity index (χ3n) is 2.92. The minimum Gasteiger partial charge on any atom is -0.493 e. The van der Waals surface area contributed by atoms with Gasteiger partial charge in [0.15, 0.2) is 11.5 Å². The predicted molar refractivity (Wildman–Crippen MR) is 73.5 cm³/mol. The summed E-state index contributed by atoms with van der Waals surface area (Å²) in [4.78, 5) is 0. The maximum absolute atomic E-state index is 5.72. The third-order valence-corrected chi connectivity index (χ3v) is 2.92. The van der Waals surface area contributed by atoms with E-state index >= 15 is 0 Å². The van der Waals surface area contributed by atoms with Crippen LogP contribution in [0.25, 0.3) is 11.0 Å². The van der Waals surface area contributed by atoms with Gasteiger partial charge in [0.2, 0.25) is 0 Å². The van der Waals surface area contributed by atoms with Gasteiger partial charge in [-0.2, -0.15) is 0 Å². The fourth-order valence-electron chi connectivity index (χ4n) is 1.99. The Hall–Kier alpha value is -2.42. The smallest absolute Gasteiger partial charge is 0.161 e. The first kappa shape index (κ1) is 11.7. The summed E-state index contributed by atoms with van der Waals surface area (Å²) < 4.78 is 16.7. The van der Waals surface area contributed by atoms with Crippen LogP contribution in [0.2, 0.25) is 0 Å². The first-order chi connectivity index (χ1) is 9.36. The Bertz CT molecular complexity index is 652. The summed E-state index contributed by atoms with van der Waals surface area (Å²) in [5.74, 6) is 2.23. The van der Waals surface area contributed by atoms with Gasteiger partial charge in [-0.15, -0.1) is 0 Å². The predicted octanol–water partition coefficient (Wildman–Crippen LogP) is 4.02. The Balaban J connectivity index is 1.78. The molecule has 0 aliphatic rings. The average Bonchev–Trinajstić information content (AvgIpc) is 2.88. The highest BCUT2D eigenvalue weighted by Crippen LogP contribution is 2.27. The monoisotopic (exact) mass is 254 g/mol. The Kier molecular flexibility index (Phi) is 3.11. The second-order valence-corrected chi connectivity index (χ2v) is 4.19. The van der Waals surface area contributed by atoms with Gasteiger partial charge in [-0.05, 0) is 24.3 Å². The lowest BCUT2D eigenvalue weighted by molar-refractivity contribution is 0.259. The van der Waals surface area contributed by atoms with E-state index in [9.17, 15) is 0 Å². The van der Waals surface area contributed by atoms with Crippen LogP contribution < -0.4 is 9.47 Å². The Labute approximate surface area is 111 Å². The van der Waals surface area contributed by atoms with Crippen LogP contribution in [0.3, 0.4) is 0 Å². The molecule has 1 aromatic heterocycles. The zero-order valence-electron chi connectivity index (χ0n) is 10.6. The zero-order valence-corrected chi connectivity index (χ0v) is 10.6. The fraction of sp³-hybridized carbons (Fsp3) is 0.125. The molecule has 1 heterocycles. The molecule has 19 heavy (non-hydrogen) atoms. The number of benzene rings is 2. The number of para-hydroxylation sites is 3. The van der Waals surface area contributed by atoms with Gasteiger partial charge in [0.25, 0.3) is 0 Å². The molecule has 3 aromatic rings. The van der Waals surface area contributed by atoms with Crippen LogP contribution in [0.4, 0.5) is 0 Å². The number of rotatable bonds is 4. The second kappa shape index (κ2) is 5.06. The van der Waals surface area contributed by atoms with Crippen LogP contribution in [0.5, 0.6) is 11.5 Å². The minimum atomic E-state index is 0.384. The molecule has 0 N–H and O–H groups in total. The summed E-state index contributed by atoms with van der Waals surface area (Å²) in [6, 6.07) is 17.5. The molecule has 3 heteroatoms. The molecule has 0 amide bonds. The molecular weight excluding hydrogens is 240 g/mol. The standard InChI is InChI=1S/C16H14O3/c1-17-15-8-4-5-9-16(15)18-11-13-10-12-6-2-3-7-14(12)19-13/h2-10H,11H2,1H3. The van der Waals surface area contributed by atoms with Crippen molar-refractivity contribution in [2.75, 3.05) is 7.11 Å². The molecule has 0 saturated carbocycles. The van der Waals surface area contributed by atoms with Gasteiger partial charge < -0.3 is 13.9 Å². The van der Waals surface area contributed by atoms with Gasteiger partial charge in [-0.3, -0.25) is 0 Å². The van der Waals surface area contributed by atoms with Crippen molar-refractivity contribution in [3.8, 4) is 11.5 Å². The van der Waals surface area contributed by atoms with Crippen molar-refractivity contribution in [3.05, 3.63) is 60.4 Å². The first-order valence-electron chi connectivity index (χ1n) is 6.10. The lowest BCUT2D eigenvalue weighted by Gasteiger charge is -2.08. The quantitative estimate of drug-likeness (QED) is 0.704. The van der Waals surface area contributed by atoms with Crippen LogP contribution in [-0.2, 0) is 6.61 Å². The van der Waals surface area contributed by atoms with E-state index in [1.807, 2.05) is 54.6 Å². The molecule has 0 aliphatic heterocycles. The van der Waals surface area contributed by atoms with E-state index in [-0.39, 0.29) is 0 Å². The van der Waals surface area contributed by atoms with Gasteiger partial charge in [-0.25, -0.2) is 0 Å². The average molecular weight is 254 g/mol. The van der Waals surface area contributed by atoms with Crippen molar-refractivity contribution in [1.82, 2.24) is 0 Å². The van der Waals surface area contributed by atoms with Crippen LogP contribution in [-0.4, -0.2) is 7.11 Å². The number of fused-ring (bicyclic) bond motifs is 1. The molecule has 0 aliphatic carbocycles. The third kappa shape index (κ3) is 2.40. The van der Waals surface area contributed by atoms with E-state index in [0.717, 1.165) is 22.5 Å². The summed E-state index contributed by atoms with van der Waals surface area (Å²) >= 11 is 0. The number of ether oxygens (including phenoxy) is 2. The summed E-state index contributed by atoms with van der Waals surface area (Å²) in [5.41, 5.74) is 0.876. The first-order valence-corrected chi connectivity index (χ1v) is 6.10. The van der Waals surface area contributed by atoms with Crippen molar-refractivity contribution < 1.29 is 13.9 Å². The van der Waals surface area contributed by atoms with E-state index in [1.54, 1.807) is 7.11 Å². The van der Waals surface area contributed by atoms with Gasteiger partial charge in [0.05, 0.1) is 7.11 Å². The molecular formula is C16H14O3. The summed E-state index contributed by atoms with van der Waals surface area (Å²) in [6.45, 7) is 0.384. The molecule has 0 unspecified atom stereocenters. The zero-order chi connectivity index (χ0) is 13.1. The maximum Gasteiger partial charge on any atom is 0.161 e. The van der Waals surface area contributed by atoms with Crippen LogP contribution in [0.1, 0.15) is 5.76 Å². The lowest BCUT2D eigenvalue weighted by atomic mass is 10.2. The minimum absolute atomic E-state index is 0.384. The van der Waals surface area contributed by atoms with Crippen LogP contribution in [0, 0.1) is 0 Å². The van der Waals surface area contributed by atoms with E-state index < -0.39 is 0 Å². The Morgan fingerprint density at radius 3 is 2.47 bits per heavy atom. The molecule has 0 bridgehead atoms. The summed E-state index contributed by atoms with van der Waals surface area (Å²) in [7, 11) is 1.63. The van der Waals surface area contributed by atoms with Crippen molar-refractivity contribution in [1.29, 1.82) is 0 Å². The number of methoxy groups -OCH3 is 1. The Morgan fingerprint density at radius 2 is 1.68 bits per heavy atom. The molecule has 0 fully saturated rings. The molecule has 2 aromatic carbocycles. The second-order valence-electron chi connectivity index (χ2n) is 4.19. The molecule has 3 rings (SSSR count). The van der Waals surface area contributed by atoms with Crippen molar-refractivity contribution in [3.63, 3.8) is 0 Å². The number of hydrogen-bond acceptors (Lipinski definition) is 3. The molecule has 0 saturated heterocycles. The van der Waals surface area contributed by atoms with Crippen molar-refractivity contribution in [2.24, 2.45) is 0 Å². The lowest BCUT2D eigenvalue weighted by Crippen LogP contribution is -1.96. The van der Waals surface area contributed by atoms with E-state index in [0.29, 0.717) is 12.4 Å². The van der Waals surface area contributed by atoms with E-state index in [1.165, 1.54) is 0 Å². The Morgan fingerprint density at radius 1 is 0.947 bits per heavy atom. The highest BCUT2D eigenvalue weighted by atomic mass is 16.5. The summed E-state index contributed by atoms with van der Waals surface area (Å²) in [6.07, 6.45) is 0. The topological polar surface area (TPSA) is 31.6 Å². The summed E-state index contributed by atoms with van der Waals surface area (Å²) in [5, 5.41) is 1.08. The van der Waals surface area contributed by atoms with Crippen molar-refractivity contribution in [2.45, 2.75) is 6.61 Å². The number of hydrogen-bond donors (Lipinski definition) is 0. The fourth-order valence-corrected chi connectivity index (χ4v) is 1.99. The molecule has 0 atom stereocenters. The van der Waals surface area contributed by atoms with Gasteiger partial charge in [0, 0.05) is 5.39 Å². The number of furan rings is 1. The highest BCUT2D eigenvalue weighted by molar-refractivity contribution is 5.77. The van der Waals surface area contributed by atoms with Gasteiger partial charge in [-0.1, -0.05) is 30.3 Å². The SMILES string of the molecule is COc1ccccc1OCc1cc2ccccc2o1. The van der Waals surface area contributed by atoms with Crippen LogP contribution >= 0.6 is 0 Å². The molecule has 0 spiro atoms. The largest absolute Gasteiger partial charge is 0.493 e. The highest BCUT2D eigenvalue weighted by Gasteiger charge is 2.06.